The van der Waals surface area contributed by atoms with E-state index in [2.05, 4.69) is 34.4 Å². The molecule has 3 aliphatic rings. The third kappa shape index (κ3) is 6.90. The molecule has 0 radical (unpaired) electrons. The molecule has 1 unspecified atom stereocenters. The van der Waals surface area contributed by atoms with E-state index < -0.39 is 47.7 Å². The largest absolute Gasteiger partial charge is 0.460 e. The van der Waals surface area contributed by atoms with Crippen LogP contribution in [0.25, 0.3) is 0 Å². The number of aliphatic hydroxyl groups excluding tert-OH is 1. The number of carbonyl (C=O) groups excluding carboxylic acids is 4. The molecule has 3 fully saturated rings. The van der Waals surface area contributed by atoms with Gasteiger partial charge in [0.25, 0.3) is 0 Å². The van der Waals surface area contributed by atoms with Crippen LogP contribution in [0.3, 0.4) is 0 Å². The summed E-state index contributed by atoms with van der Waals surface area (Å²) in [7, 11) is 0. The zero-order valence-electron chi connectivity index (χ0n) is 26.4. The minimum Gasteiger partial charge on any atom is -0.460 e. The van der Waals surface area contributed by atoms with Crippen LogP contribution in [0.15, 0.2) is 55.6 Å². The molecule has 3 heterocycles. The van der Waals surface area contributed by atoms with Crippen molar-refractivity contribution >= 4 is 39.6 Å². The van der Waals surface area contributed by atoms with Gasteiger partial charge in [-0.25, -0.2) is 0 Å². The highest BCUT2D eigenvalue weighted by atomic mass is 79.9. The van der Waals surface area contributed by atoms with E-state index in [9.17, 15) is 24.3 Å². The first-order valence-corrected chi connectivity index (χ1v) is 16.7. The summed E-state index contributed by atoms with van der Waals surface area (Å²) in [5.41, 5.74) is -0.379. The second-order valence-electron chi connectivity index (χ2n) is 12.4. The molecule has 11 heteroatoms. The van der Waals surface area contributed by atoms with Crippen LogP contribution in [0.5, 0.6) is 0 Å². The fourth-order valence-corrected chi connectivity index (χ4v) is 7.99. The van der Waals surface area contributed by atoms with Gasteiger partial charge in [0.2, 0.25) is 17.7 Å². The van der Waals surface area contributed by atoms with E-state index in [4.69, 9.17) is 9.47 Å². The van der Waals surface area contributed by atoms with Crippen LogP contribution < -0.4 is 5.32 Å². The van der Waals surface area contributed by atoms with Crippen molar-refractivity contribution < 1.29 is 33.8 Å². The molecular formula is C34H46BrN3O7. The van der Waals surface area contributed by atoms with Gasteiger partial charge in [0.15, 0.2) is 0 Å². The highest BCUT2D eigenvalue weighted by Gasteiger charge is 2.77. The minimum absolute atomic E-state index is 0.116. The van der Waals surface area contributed by atoms with Gasteiger partial charge >= 0.3 is 5.97 Å². The first-order chi connectivity index (χ1) is 21.5. The second-order valence-corrected chi connectivity index (χ2v) is 13.6. The Labute approximate surface area is 274 Å². The van der Waals surface area contributed by atoms with E-state index in [1.807, 2.05) is 44.2 Å². The quantitative estimate of drug-likeness (QED) is 0.155. The lowest BCUT2D eigenvalue weighted by Gasteiger charge is -2.41. The van der Waals surface area contributed by atoms with Crippen LogP contribution in [-0.4, -0.2) is 93.0 Å². The average Bonchev–Trinajstić information content (AvgIpc) is 3.62. The van der Waals surface area contributed by atoms with E-state index in [1.54, 1.807) is 24.0 Å². The topological polar surface area (TPSA) is 125 Å². The predicted octanol–water partition coefficient (Wildman–Crippen LogP) is 3.37. The van der Waals surface area contributed by atoms with Gasteiger partial charge in [-0.15, -0.1) is 13.2 Å². The first kappa shape index (κ1) is 34.8. The van der Waals surface area contributed by atoms with Crippen molar-refractivity contribution in [2.45, 2.75) is 87.7 Å². The Balaban J connectivity index is 1.68. The second kappa shape index (κ2) is 15.0. The van der Waals surface area contributed by atoms with Gasteiger partial charge in [0.05, 0.1) is 37.1 Å². The van der Waals surface area contributed by atoms with Crippen molar-refractivity contribution in [1.82, 2.24) is 15.1 Å². The smallest absolute Gasteiger partial charge is 0.312 e. The maximum absolute atomic E-state index is 14.7. The summed E-state index contributed by atoms with van der Waals surface area (Å²) in [6.45, 7) is 13.4. The van der Waals surface area contributed by atoms with E-state index in [-0.39, 0.29) is 54.6 Å². The Morgan fingerprint density at radius 2 is 1.96 bits per heavy atom. The fourth-order valence-electron chi connectivity index (χ4n) is 7.05. The number of aliphatic hydroxyl groups is 1. The van der Waals surface area contributed by atoms with Crippen molar-refractivity contribution in [3.8, 4) is 0 Å². The SMILES string of the molecule is C=CCCC(=O)NC[C@@H](C)OC(=O)[C@@H]1[C@H]2O[C@@]3(CC2Br)[C@H](C(=O)N(CC=C)Cc2ccccc2)N([C@@H](CO)[C@@H](C)CC)C(=O)[C@@H]13. The molecule has 2 N–H and O–H groups in total. The normalized spacial score (nSPS) is 28.6. The molecule has 3 amide bonds. The van der Waals surface area contributed by atoms with Gasteiger partial charge in [0.1, 0.15) is 17.7 Å². The molecule has 0 aromatic heterocycles. The lowest BCUT2D eigenvalue weighted by molar-refractivity contribution is -0.160. The van der Waals surface area contributed by atoms with Crippen molar-refractivity contribution in [2.24, 2.45) is 17.8 Å². The molecule has 0 saturated carbocycles. The molecule has 1 aromatic carbocycles. The molecule has 3 aliphatic heterocycles. The van der Waals surface area contributed by atoms with Crippen molar-refractivity contribution in [3.05, 3.63) is 61.2 Å². The number of hydrogen-bond acceptors (Lipinski definition) is 7. The summed E-state index contributed by atoms with van der Waals surface area (Å²) in [5, 5.41) is 13.4. The van der Waals surface area contributed by atoms with Crippen molar-refractivity contribution in [1.29, 1.82) is 0 Å². The molecule has 9 atom stereocenters. The lowest BCUT2D eigenvalue weighted by atomic mass is 9.70. The summed E-state index contributed by atoms with van der Waals surface area (Å²) in [5.74, 6) is -3.55. The zero-order valence-corrected chi connectivity index (χ0v) is 28.0. The number of carbonyl (C=O) groups is 4. The first-order valence-electron chi connectivity index (χ1n) is 15.8. The number of ether oxygens (including phenoxy) is 2. The number of alkyl halides is 1. The van der Waals surface area contributed by atoms with Gasteiger partial charge in [-0.3, -0.25) is 19.2 Å². The van der Waals surface area contributed by atoms with Gasteiger partial charge in [-0.05, 0) is 31.2 Å². The van der Waals surface area contributed by atoms with Crippen molar-refractivity contribution in [3.63, 3.8) is 0 Å². The Hall–Kier alpha value is -3.02. The molecule has 2 bridgehead atoms. The molecular weight excluding hydrogens is 642 g/mol. The Morgan fingerprint density at radius 3 is 2.58 bits per heavy atom. The van der Waals surface area contributed by atoms with Crippen LogP contribution >= 0.6 is 15.9 Å². The number of esters is 1. The minimum atomic E-state index is -1.30. The van der Waals surface area contributed by atoms with Gasteiger partial charge in [-0.2, -0.15) is 0 Å². The molecule has 3 saturated heterocycles. The van der Waals surface area contributed by atoms with Gasteiger partial charge in [-0.1, -0.05) is 78.7 Å². The number of rotatable bonds is 16. The summed E-state index contributed by atoms with van der Waals surface area (Å²) < 4.78 is 12.4. The highest BCUT2D eigenvalue weighted by molar-refractivity contribution is 9.09. The van der Waals surface area contributed by atoms with Gasteiger partial charge < -0.3 is 29.7 Å². The highest BCUT2D eigenvalue weighted by Crippen LogP contribution is 2.61. The number of allylic oxidation sites excluding steroid dienone is 1. The number of benzene rings is 1. The predicted molar refractivity (Wildman–Crippen MR) is 173 cm³/mol. The number of nitrogens with one attached hydrogen (secondary N) is 1. The molecule has 1 spiro atoms. The average molecular weight is 689 g/mol. The fraction of sp³-hybridized carbons (Fsp3) is 0.588. The number of nitrogens with zero attached hydrogens (tertiary/aromatic N) is 2. The summed E-state index contributed by atoms with van der Waals surface area (Å²) >= 11 is 3.69. The molecule has 0 aliphatic carbocycles. The summed E-state index contributed by atoms with van der Waals surface area (Å²) in [6, 6.07) is 7.85. The van der Waals surface area contributed by atoms with E-state index in [1.165, 1.54) is 4.90 Å². The number of fused-ring (bicyclic) bond motifs is 1. The number of halogens is 1. The van der Waals surface area contributed by atoms with Crippen LogP contribution in [0.2, 0.25) is 0 Å². The number of hydrogen-bond donors (Lipinski definition) is 2. The maximum atomic E-state index is 14.7. The lowest BCUT2D eigenvalue weighted by Crippen LogP contribution is -2.59. The Bertz CT molecular complexity index is 1260. The van der Waals surface area contributed by atoms with Crippen LogP contribution in [0.4, 0.5) is 0 Å². The molecule has 246 valence electrons. The Kier molecular flexibility index (Phi) is 11.7. The molecule has 4 rings (SSSR count). The van der Waals surface area contributed by atoms with Gasteiger partial charge in [0, 0.05) is 24.3 Å². The molecule has 45 heavy (non-hydrogen) atoms. The number of amides is 3. The molecule has 10 nitrogen and oxygen atoms in total. The molecule has 1 aromatic rings. The standard InChI is InChI=1S/C34H46BrN3O7/c1-6-9-15-26(40)36-18-22(5)44-33(43)27-28-31(41)38(25(20-39)21(4)8-3)30(34(28)17-24(35)29(27)45-34)32(42)37(16-7-2)19-23-13-11-10-12-14-23/h6-7,10-14,21-22,24-25,27-30,39H,1-2,8-9,15-20H2,3-5H3,(H,36,40)/t21-,22+,24?,25-,27-,28+,29-,30-,34+/m0/s1. The van der Waals surface area contributed by atoms with E-state index in [0.29, 0.717) is 25.8 Å². The van der Waals surface area contributed by atoms with E-state index in [0.717, 1.165) is 5.56 Å². The zero-order chi connectivity index (χ0) is 32.9. The van der Waals surface area contributed by atoms with Crippen LogP contribution in [0.1, 0.15) is 52.0 Å². The third-order valence-corrected chi connectivity index (χ3v) is 10.3. The van der Waals surface area contributed by atoms with Crippen LogP contribution in [0, 0.1) is 17.8 Å². The number of likely N-dealkylation sites (tertiary alicyclic amines) is 1. The summed E-state index contributed by atoms with van der Waals surface area (Å²) in [4.78, 5) is 57.9. The third-order valence-electron chi connectivity index (χ3n) is 9.44. The van der Waals surface area contributed by atoms with Crippen molar-refractivity contribution in [2.75, 3.05) is 19.7 Å². The van der Waals surface area contributed by atoms with Crippen LogP contribution in [-0.2, 0) is 35.2 Å². The summed E-state index contributed by atoms with van der Waals surface area (Å²) in [6.07, 6.45) is 3.80. The monoisotopic (exact) mass is 687 g/mol. The van der Waals surface area contributed by atoms with E-state index >= 15 is 0 Å². The Morgan fingerprint density at radius 1 is 1.24 bits per heavy atom. The maximum Gasteiger partial charge on any atom is 0.312 e.